The highest BCUT2D eigenvalue weighted by molar-refractivity contribution is 7.86. The van der Waals surface area contributed by atoms with Gasteiger partial charge in [0, 0.05) is 11.1 Å². The maximum absolute atomic E-state index is 12.9. The third-order valence-corrected chi connectivity index (χ3v) is 5.81. The lowest BCUT2D eigenvalue weighted by molar-refractivity contribution is 0.102. The molecule has 0 aliphatic heterocycles. The fourth-order valence-electron chi connectivity index (χ4n) is 3.33. The Balaban J connectivity index is 1.83. The molecular formula is C24H19N3O5S. The van der Waals surface area contributed by atoms with E-state index in [1.54, 1.807) is 61.5 Å². The van der Waals surface area contributed by atoms with Crippen LogP contribution in [0.5, 0.6) is 5.75 Å². The van der Waals surface area contributed by atoms with Gasteiger partial charge in [0.15, 0.2) is 5.75 Å². The zero-order valence-corrected chi connectivity index (χ0v) is 18.2. The van der Waals surface area contributed by atoms with Crippen molar-refractivity contribution in [2.24, 2.45) is 10.2 Å². The number of nitrogens with one attached hydrogen (secondary N) is 1. The number of anilines is 1. The first-order valence-electron chi connectivity index (χ1n) is 9.85. The first kappa shape index (κ1) is 22.1. The number of aromatic hydroxyl groups is 1. The van der Waals surface area contributed by atoms with Crippen LogP contribution in [0.4, 0.5) is 17.1 Å². The number of para-hydroxylation sites is 1. The van der Waals surface area contributed by atoms with Crippen LogP contribution in [0.3, 0.4) is 0 Å². The summed E-state index contributed by atoms with van der Waals surface area (Å²) < 4.78 is 33.1. The van der Waals surface area contributed by atoms with E-state index in [-0.39, 0.29) is 16.9 Å². The topological polar surface area (TPSA) is 128 Å². The van der Waals surface area contributed by atoms with Crippen molar-refractivity contribution in [2.45, 2.75) is 11.8 Å². The van der Waals surface area contributed by atoms with Gasteiger partial charge in [0.1, 0.15) is 16.3 Å². The summed E-state index contributed by atoms with van der Waals surface area (Å²) in [6.07, 6.45) is 0. The number of nitrogens with zero attached hydrogens (tertiary/aromatic N) is 2. The SMILES string of the molecule is Cc1ccc(N=Nc2c(O)c(C(=O)Nc3ccccc3)cc3ccccc23)c(S(=O)(=O)O)c1. The van der Waals surface area contributed by atoms with E-state index in [1.165, 1.54) is 18.2 Å². The molecule has 0 aliphatic rings. The summed E-state index contributed by atoms with van der Waals surface area (Å²) >= 11 is 0. The van der Waals surface area contributed by atoms with E-state index in [2.05, 4.69) is 15.5 Å². The van der Waals surface area contributed by atoms with Gasteiger partial charge < -0.3 is 10.4 Å². The van der Waals surface area contributed by atoms with E-state index in [1.807, 2.05) is 6.07 Å². The third kappa shape index (κ3) is 4.74. The summed E-state index contributed by atoms with van der Waals surface area (Å²) in [4.78, 5) is 12.5. The van der Waals surface area contributed by atoms with E-state index in [9.17, 15) is 22.9 Å². The second kappa shape index (κ2) is 8.81. The summed E-state index contributed by atoms with van der Waals surface area (Å²) in [7, 11) is -4.55. The molecule has 9 heteroatoms. The summed E-state index contributed by atoms with van der Waals surface area (Å²) in [5.41, 5.74) is 1.02. The Hall–Kier alpha value is -4.08. The second-order valence-electron chi connectivity index (χ2n) is 7.31. The summed E-state index contributed by atoms with van der Waals surface area (Å²) in [6.45, 7) is 1.67. The Labute approximate surface area is 190 Å². The number of azo groups is 1. The lowest BCUT2D eigenvalue weighted by Gasteiger charge is -2.11. The Morgan fingerprint density at radius 3 is 2.33 bits per heavy atom. The van der Waals surface area contributed by atoms with E-state index in [0.717, 1.165) is 0 Å². The largest absolute Gasteiger partial charge is 0.505 e. The van der Waals surface area contributed by atoms with Gasteiger partial charge in [-0.25, -0.2) is 0 Å². The van der Waals surface area contributed by atoms with E-state index in [4.69, 9.17) is 0 Å². The van der Waals surface area contributed by atoms with Crippen LogP contribution in [0.1, 0.15) is 15.9 Å². The van der Waals surface area contributed by atoms with Crippen LogP contribution in [-0.4, -0.2) is 24.0 Å². The van der Waals surface area contributed by atoms with E-state index < -0.39 is 26.7 Å². The molecule has 0 unspecified atom stereocenters. The molecule has 0 bridgehead atoms. The molecule has 0 heterocycles. The number of carbonyl (C=O) groups is 1. The van der Waals surface area contributed by atoms with Crippen molar-refractivity contribution in [1.82, 2.24) is 0 Å². The second-order valence-corrected chi connectivity index (χ2v) is 8.70. The molecule has 0 aromatic heterocycles. The standard InChI is InChI=1S/C24H19N3O5S/c1-15-11-12-20(21(13-15)33(30,31)32)26-27-22-18-10-6-5-7-16(18)14-19(23(22)28)24(29)25-17-8-3-2-4-9-17/h2-14,28H,1H3,(H,25,29)(H,30,31,32). The van der Waals surface area contributed by atoms with E-state index in [0.29, 0.717) is 22.0 Å². The Morgan fingerprint density at radius 2 is 1.61 bits per heavy atom. The minimum absolute atomic E-state index is 0.00632. The zero-order chi connectivity index (χ0) is 23.6. The van der Waals surface area contributed by atoms with Crippen molar-refractivity contribution in [3.63, 3.8) is 0 Å². The predicted molar refractivity (Wildman–Crippen MR) is 125 cm³/mol. The summed E-state index contributed by atoms with van der Waals surface area (Å²) in [5.74, 6) is -0.957. The number of phenolic OH excluding ortho intramolecular Hbond substituents is 1. The molecule has 3 N–H and O–H groups in total. The number of fused-ring (bicyclic) bond motifs is 1. The van der Waals surface area contributed by atoms with Gasteiger partial charge in [-0.05, 0) is 48.2 Å². The normalized spacial score (nSPS) is 11.7. The molecule has 4 rings (SSSR count). The molecule has 166 valence electrons. The molecule has 0 fully saturated rings. The first-order valence-corrected chi connectivity index (χ1v) is 11.3. The predicted octanol–water partition coefficient (Wildman–Crippen LogP) is 5.77. The number of aryl methyl sites for hydroxylation is 1. The van der Waals surface area contributed by atoms with Gasteiger partial charge in [0.05, 0.1) is 5.56 Å². The Morgan fingerprint density at radius 1 is 0.909 bits per heavy atom. The van der Waals surface area contributed by atoms with E-state index >= 15 is 0 Å². The number of carbonyl (C=O) groups excluding carboxylic acids is 1. The fraction of sp³-hybridized carbons (Fsp3) is 0.0417. The van der Waals surface area contributed by atoms with Crippen LogP contribution in [0.25, 0.3) is 10.8 Å². The Bertz CT molecular complexity index is 1500. The van der Waals surface area contributed by atoms with Crippen LogP contribution in [-0.2, 0) is 10.1 Å². The maximum Gasteiger partial charge on any atom is 0.296 e. The lowest BCUT2D eigenvalue weighted by Crippen LogP contribution is -2.12. The van der Waals surface area contributed by atoms with Crippen LogP contribution in [0.15, 0.2) is 94.0 Å². The molecule has 8 nitrogen and oxygen atoms in total. The van der Waals surface area contributed by atoms with Crippen molar-refractivity contribution in [3.8, 4) is 5.75 Å². The molecule has 0 aliphatic carbocycles. The molecule has 4 aromatic carbocycles. The minimum atomic E-state index is -4.55. The highest BCUT2D eigenvalue weighted by atomic mass is 32.2. The van der Waals surface area contributed by atoms with Gasteiger partial charge in [0.2, 0.25) is 0 Å². The van der Waals surface area contributed by atoms with Crippen molar-refractivity contribution in [2.75, 3.05) is 5.32 Å². The zero-order valence-electron chi connectivity index (χ0n) is 17.4. The number of amides is 1. The molecular weight excluding hydrogens is 442 g/mol. The number of hydrogen-bond acceptors (Lipinski definition) is 6. The van der Waals surface area contributed by atoms with Crippen LogP contribution >= 0.6 is 0 Å². The molecule has 0 atom stereocenters. The van der Waals surface area contributed by atoms with Gasteiger partial charge in [-0.3, -0.25) is 9.35 Å². The number of hydrogen-bond donors (Lipinski definition) is 3. The van der Waals surface area contributed by atoms with Gasteiger partial charge in [-0.1, -0.05) is 48.5 Å². The third-order valence-electron chi connectivity index (χ3n) is 4.92. The fourth-order valence-corrected chi connectivity index (χ4v) is 4.03. The quantitative estimate of drug-likeness (QED) is 0.257. The molecule has 0 spiro atoms. The van der Waals surface area contributed by atoms with Crippen LogP contribution in [0.2, 0.25) is 0 Å². The number of rotatable bonds is 5. The highest BCUT2D eigenvalue weighted by Gasteiger charge is 2.20. The van der Waals surface area contributed by atoms with Crippen molar-refractivity contribution in [3.05, 3.63) is 90.0 Å². The van der Waals surface area contributed by atoms with Gasteiger partial charge in [0.25, 0.3) is 16.0 Å². The molecule has 0 saturated carbocycles. The molecule has 0 saturated heterocycles. The number of benzene rings is 4. The van der Waals surface area contributed by atoms with Gasteiger partial charge >= 0.3 is 0 Å². The summed E-state index contributed by atoms with van der Waals surface area (Å²) in [6, 6.07) is 21.6. The van der Waals surface area contributed by atoms with Crippen LogP contribution in [0, 0.1) is 6.92 Å². The molecule has 1 amide bonds. The number of phenols is 1. The minimum Gasteiger partial charge on any atom is -0.505 e. The van der Waals surface area contributed by atoms with Crippen molar-refractivity contribution >= 4 is 43.9 Å². The maximum atomic E-state index is 12.9. The Kier molecular flexibility index (Phi) is 5.91. The first-order chi connectivity index (χ1) is 15.7. The highest BCUT2D eigenvalue weighted by Crippen LogP contribution is 2.40. The van der Waals surface area contributed by atoms with Crippen molar-refractivity contribution < 1.29 is 22.9 Å². The summed E-state index contributed by atoms with van der Waals surface area (Å²) in [5, 5.41) is 22.8. The van der Waals surface area contributed by atoms with Crippen LogP contribution < -0.4 is 5.32 Å². The van der Waals surface area contributed by atoms with Gasteiger partial charge in [-0.2, -0.15) is 8.42 Å². The smallest absolute Gasteiger partial charge is 0.296 e. The molecule has 33 heavy (non-hydrogen) atoms. The molecule has 0 radical (unpaired) electrons. The lowest BCUT2D eigenvalue weighted by atomic mass is 10.0. The molecule has 4 aromatic rings. The monoisotopic (exact) mass is 461 g/mol. The average molecular weight is 461 g/mol. The average Bonchev–Trinajstić information content (AvgIpc) is 2.79. The van der Waals surface area contributed by atoms with Gasteiger partial charge in [-0.15, -0.1) is 10.2 Å². The van der Waals surface area contributed by atoms with Crippen molar-refractivity contribution in [1.29, 1.82) is 0 Å².